The maximum atomic E-state index is 2.53. The minimum atomic E-state index is 1.02. The van der Waals surface area contributed by atoms with Crippen LogP contribution in [-0.2, 0) is 0 Å². The summed E-state index contributed by atoms with van der Waals surface area (Å²) in [7, 11) is 0. The van der Waals surface area contributed by atoms with E-state index in [-0.39, 0.29) is 0 Å². The maximum Gasteiger partial charge on any atom is -0.0329 e. The lowest BCUT2D eigenvalue weighted by Crippen LogP contribution is -2.45. The summed E-state index contributed by atoms with van der Waals surface area (Å²) < 4.78 is 0. The molecule has 0 nitrogen and oxygen atoms in total. The molecule has 0 atom stereocenters. The van der Waals surface area contributed by atoms with E-state index in [1.165, 1.54) is 12.8 Å². The van der Waals surface area contributed by atoms with Gasteiger partial charge in [0.25, 0.3) is 0 Å². The SMILES string of the molecule is CC1CCC(C2C3CC(CC(C)CC4CC2C4)C3)CC1. The average Bonchev–Trinajstić information content (AvgIpc) is 2.35. The molecular weight excluding hydrogens is 240 g/mol. The Kier molecular flexibility index (Phi) is 3.63. The third kappa shape index (κ3) is 2.46. The Labute approximate surface area is 126 Å². The van der Waals surface area contributed by atoms with Crippen LogP contribution in [-0.4, -0.2) is 0 Å². The first kappa shape index (κ1) is 13.6. The lowest BCUT2D eigenvalue weighted by molar-refractivity contribution is -0.0456. The summed E-state index contributed by atoms with van der Waals surface area (Å²) in [6.07, 6.45) is 15.8. The third-order valence-electron chi connectivity index (χ3n) is 7.71. The van der Waals surface area contributed by atoms with E-state index in [9.17, 15) is 0 Å². The second-order valence-corrected chi connectivity index (χ2v) is 9.37. The first-order valence-corrected chi connectivity index (χ1v) is 9.69. The Hall–Kier alpha value is 0. The lowest BCUT2D eigenvalue weighted by atomic mass is 9.51. The Morgan fingerprint density at radius 3 is 1.50 bits per heavy atom. The van der Waals surface area contributed by atoms with Crippen molar-refractivity contribution in [3.63, 3.8) is 0 Å². The van der Waals surface area contributed by atoms with Gasteiger partial charge in [0.1, 0.15) is 0 Å². The zero-order valence-electron chi connectivity index (χ0n) is 13.7. The molecule has 7 aliphatic rings. The van der Waals surface area contributed by atoms with Crippen molar-refractivity contribution in [1.82, 2.24) is 0 Å². The number of hydrogen-bond acceptors (Lipinski definition) is 0. The second-order valence-electron chi connectivity index (χ2n) is 9.37. The van der Waals surface area contributed by atoms with Gasteiger partial charge in [-0.3, -0.25) is 0 Å². The molecule has 114 valence electrons. The molecule has 0 aliphatic heterocycles. The van der Waals surface area contributed by atoms with Crippen LogP contribution in [0.15, 0.2) is 0 Å². The van der Waals surface area contributed by atoms with Gasteiger partial charge in [0, 0.05) is 0 Å². The van der Waals surface area contributed by atoms with Crippen molar-refractivity contribution in [2.24, 2.45) is 47.3 Å². The third-order valence-corrected chi connectivity index (χ3v) is 7.71. The summed E-state index contributed by atoms with van der Waals surface area (Å²) >= 11 is 0. The summed E-state index contributed by atoms with van der Waals surface area (Å²) in [6.45, 7) is 5.01. The predicted molar refractivity (Wildman–Crippen MR) is 85.4 cm³/mol. The molecule has 0 spiro atoms. The largest absolute Gasteiger partial charge is 0.0625 e. The molecule has 20 heavy (non-hydrogen) atoms. The fourth-order valence-electron chi connectivity index (χ4n) is 6.65. The summed E-state index contributed by atoms with van der Waals surface area (Å²) in [5.41, 5.74) is 0. The van der Waals surface area contributed by atoms with E-state index in [0.717, 1.165) is 47.3 Å². The van der Waals surface area contributed by atoms with Crippen molar-refractivity contribution in [3.05, 3.63) is 0 Å². The van der Waals surface area contributed by atoms with Crippen LogP contribution in [0.5, 0.6) is 0 Å². The lowest BCUT2D eigenvalue weighted by Gasteiger charge is -2.54. The van der Waals surface area contributed by atoms with Crippen LogP contribution in [0.2, 0.25) is 0 Å². The van der Waals surface area contributed by atoms with E-state index in [0.29, 0.717) is 0 Å². The normalized spacial score (nSPS) is 55.5. The molecule has 0 aromatic heterocycles. The van der Waals surface area contributed by atoms with Crippen molar-refractivity contribution in [2.45, 2.75) is 78.1 Å². The molecule has 0 unspecified atom stereocenters. The second kappa shape index (κ2) is 5.33. The van der Waals surface area contributed by atoms with E-state index in [1.807, 2.05) is 0 Å². The molecule has 0 heteroatoms. The molecule has 4 bridgehead atoms. The molecule has 7 rings (SSSR count). The van der Waals surface area contributed by atoms with Gasteiger partial charge < -0.3 is 0 Å². The first-order valence-electron chi connectivity index (χ1n) is 9.69. The molecule has 0 N–H and O–H groups in total. The highest BCUT2D eigenvalue weighted by Gasteiger charge is 2.48. The van der Waals surface area contributed by atoms with E-state index in [1.54, 1.807) is 51.4 Å². The van der Waals surface area contributed by atoms with Gasteiger partial charge >= 0.3 is 0 Å². The molecular formula is C20H34. The highest BCUT2D eigenvalue weighted by atomic mass is 14.5. The van der Waals surface area contributed by atoms with Crippen molar-refractivity contribution >= 4 is 0 Å². The van der Waals surface area contributed by atoms with Crippen LogP contribution >= 0.6 is 0 Å². The molecule has 0 aromatic rings. The molecule has 7 aliphatic carbocycles. The Balaban J connectivity index is 1.45. The Morgan fingerprint density at radius 1 is 0.500 bits per heavy atom. The zero-order chi connectivity index (χ0) is 13.7. The summed E-state index contributed by atoms with van der Waals surface area (Å²) in [6, 6.07) is 0. The Morgan fingerprint density at radius 2 is 1.00 bits per heavy atom. The smallest absolute Gasteiger partial charge is 0.0329 e. The van der Waals surface area contributed by atoms with Crippen LogP contribution in [0.25, 0.3) is 0 Å². The molecule has 0 aromatic carbocycles. The molecule has 7 saturated carbocycles. The van der Waals surface area contributed by atoms with Gasteiger partial charge in [0.15, 0.2) is 0 Å². The van der Waals surface area contributed by atoms with Gasteiger partial charge in [0.2, 0.25) is 0 Å². The van der Waals surface area contributed by atoms with E-state index in [4.69, 9.17) is 0 Å². The first-order chi connectivity index (χ1) is 9.69. The van der Waals surface area contributed by atoms with Gasteiger partial charge in [-0.25, -0.2) is 0 Å². The van der Waals surface area contributed by atoms with Crippen molar-refractivity contribution in [2.75, 3.05) is 0 Å². The van der Waals surface area contributed by atoms with Crippen LogP contribution in [0.1, 0.15) is 78.1 Å². The molecule has 0 radical (unpaired) electrons. The van der Waals surface area contributed by atoms with E-state index < -0.39 is 0 Å². The summed E-state index contributed by atoms with van der Waals surface area (Å²) in [4.78, 5) is 0. The number of rotatable bonds is 1. The average molecular weight is 274 g/mol. The minimum Gasteiger partial charge on any atom is -0.0625 e. The van der Waals surface area contributed by atoms with E-state index >= 15 is 0 Å². The molecule has 0 heterocycles. The van der Waals surface area contributed by atoms with Crippen LogP contribution in [0.3, 0.4) is 0 Å². The van der Waals surface area contributed by atoms with Crippen molar-refractivity contribution in [1.29, 1.82) is 0 Å². The number of hydrogen-bond donors (Lipinski definition) is 0. The Bertz CT molecular complexity index is 304. The summed E-state index contributed by atoms with van der Waals surface area (Å²) in [5, 5.41) is 0. The van der Waals surface area contributed by atoms with Gasteiger partial charge in [0.05, 0.1) is 0 Å². The highest BCUT2D eigenvalue weighted by Crippen LogP contribution is 2.57. The maximum absolute atomic E-state index is 2.53. The minimum absolute atomic E-state index is 1.02. The summed E-state index contributed by atoms with van der Waals surface area (Å²) in [5.74, 6) is 8.87. The van der Waals surface area contributed by atoms with Gasteiger partial charge in [-0.15, -0.1) is 0 Å². The fraction of sp³-hybridized carbons (Fsp3) is 1.00. The quantitative estimate of drug-likeness (QED) is 0.557. The van der Waals surface area contributed by atoms with Crippen molar-refractivity contribution in [3.8, 4) is 0 Å². The van der Waals surface area contributed by atoms with Crippen molar-refractivity contribution < 1.29 is 0 Å². The topological polar surface area (TPSA) is 0 Å². The predicted octanol–water partition coefficient (Wildman–Crippen LogP) is 5.91. The van der Waals surface area contributed by atoms with E-state index in [2.05, 4.69) is 13.8 Å². The standard InChI is InChI=1S/C20H34/c1-13-3-5-17(6-4-13)20-18-9-15(10-18)7-14(2)8-16-11-19(20)12-16/h13-20H,3-12H2,1-2H3. The van der Waals surface area contributed by atoms with Crippen LogP contribution in [0, 0.1) is 47.3 Å². The zero-order valence-corrected chi connectivity index (χ0v) is 13.7. The molecule has 0 saturated heterocycles. The fourth-order valence-corrected chi connectivity index (χ4v) is 6.65. The monoisotopic (exact) mass is 274 g/mol. The van der Waals surface area contributed by atoms with Gasteiger partial charge in [-0.2, -0.15) is 0 Å². The van der Waals surface area contributed by atoms with Crippen LogP contribution in [0.4, 0.5) is 0 Å². The highest BCUT2D eigenvalue weighted by molar-refractivity contribution is 4.98. The molecule has 0 amide bonds. The van der Waals surface area contributed by atoms with Gasteiger partial charge in [-0.05, 0) is 98.7 Å². The van der Waals surface area contributed by atoms with Gasteiger partial charge in [-0.1, -0.05) is 26.7 Å². The molecule has 7 fully saturated rings. The van der Waals surface area contributed by atoms with Crippen LogP contribution < -0.4 is 0 Å².